The van der Waals surface area contributed by atoms with Crippen LogP contribution in [-0.2, 0) is 0 Å². The predicted molar refractivity (Wildman–Crippen MR) is 57.4 cm³/mol. The third kappa shape index (κ3) is 1.59. The maximum atomic E-state index is 9.50. The average molecular weight is 208 g/mol. The first-order valence-electron chi connectivity index (χ1n) is 4.41. The normalized spacial score (nSPS) is 13.1. The third-order valence-electron chi connectivity index (χ3n) is 2.15. The van der Waals surface area contributed by atoms with Crippen LogP contribution in [-0.4, -0.2) is 10.1 Å². The van der Waals surface area contributed by atoms with Gasteiger partial charge in [0.2, 0.25) is 0 Å². The minimum Gasteiger partial charge on any atom is -0.387 e. The van der Waals surface area contributed by atoms with Crippen LogP contribution in [0.2, 0.25) is 5.02 Å². The highest BCUT2D eigenvalue weighted by Crippen LogP contribution is 2.24. The van der Waals surface area contributed by atoms with Crippen LogP contribution in [0.4, 0.5) is 0 Å². The summed E-state index contributed by atoms with van der Waals surface area (Å²) in [5.74, 6) is 0. The van der Waals surface area contributed by atoms with E-state index in [-0.39, 0.29) is 0 Å². The van der Waals surface area contributed by atoms with E-state index in [1.807, 2.05) is 18.2 Å². The van der Waals surface area contributed by atoms with E-state index in [2.05, 4.69) is 4.98 Å². The second-order valence-corrected chi connectivity index (χ2v) is 3.67. The van der Waals surface area contributed by atoms with Gasteiger partial charge in [0, 0.05) is 16.6 Å². The van der Waals surface area contributed by atoms with Crippen molar-refractivity contribution in [1.29, 1.82) is 0 Å². The molecule has 0 radical (unpaired) electrons. The first kappa shape index (κ1) is 9.44. The van der Waals surface area contributed by atoms with Crippen LogP contribution in [0.15, 0.2) is 30.5 Å². The summed E-state index contributed by atoms with van der Waals surface area (Å²) >= 11 is 5.87. The molecule has 0 aliphatic rings. The number of nitrogens with zero attached hydrogens (tertiary/aromatic N) is 1. The average Bonchev–Trinajstić information content (AvgIpc) is 2.16. The number of aliphatic hydroxyl groups excluding tert-OH is 1. The number of benzene rings is 1. The number of aromatic nitrogens is 1. The highest BCUT2D eigenvalue weighted by molar-refractivity contribution is 6.31. The van der Waals surface area contributed by atoms with E-state index in [9.17, 15) is 5.11 Å². The van der Waals surface area contributed by atoms with Crippen molar-refractivity contribution in [2.24, 2.45) is 0 Å². The Bertz CT molecular complexity index is 468. The van der Waals surface area contributed by atoms with Gasteiger partial charge in [0.25, 0.3) is 0 Å². The van der Waals surface area contributed by atoms with Crippen LogP contribution < -0.4 is 0 Å². The second kappa shape index (κ2) is 3.56. The van der Waals surface area contributed by atoms with Crippen molar-refractivity contribution in [1.82, 2.24) is 4.98 Å². The van der Waals surface area contributed by atoms with Crippen molar-refractivity contribution >= 4 is 22.4 Å². The van der Waals surface area contributed by atoms with Crippen LogP contribution in [0.25, 0.3) is 10.8 Å². The zero-order valence-electron chi connectivity index (χ0n) is 7.74. The largest absolute Gasteiger partial charge is 0.387 e. The van der Waals surface area contributed by atoms with Gasteiger partial charge >= 0.3 is 0 Å². The van der Waals surface area contributed by atoms with Gasteiger partial charge in [-0.15, -0.1) is 0 Å². The summed E-state index contributed by atoms with van der Waals surface area (Å²) in [5, 5.41) is 12.1. The Morgan fingerprint density at radius 3 is 2.86 bits per heavy atom. The van der Waals surface area contributed by atoms with E-state index in [1.54, 1.807) is 19.2 Å². The molecule has 1 N–H and O–H groups in total. The summed E-state index contributed by atoms with van der Waals surface area (Å²) in [7, 11) is 0. The number of aliphatic hydroxyl groups is 1. The molecule has 2 aromatic rings. The Morgan fingerprint density at radius 2 is 2.14 bits per heavy atom. The lowest BCUT2D eigenvalue weighted by Gasteiger charge is -2.07. The Hall–Kier alpha value is -1.12. The fourth-order valence-electron chi connectivity index (χ4n) is 1.51. The first-order valence-corrected chi connectivity index (χ1v) is 4.78. The fraction of sp³-hybridized carbons (Fsp3) is 0.182. The van der Waals surface area contributed by atoms with Crippen LogP contribution in [0.5, 0.6) is 0 Å². The minimum absolute atomic E-state index is 0.556. The van der Waals surface area contributed by atoms with Gasteiger partial charge in [-0.1, -0.05) is 17.7 Å². The molecule has 0 aliphatic heterocycles. The Morgan fingerprint density at radius 1 is 1.36 bits per heavy atom. The zero-order chi connectivity index (χ0) is 10.1. The molecule has 0 aliphatic carbocycles. The summed E-state index contributed by atoms with van der Waals surface area (Å²) in [4.78, 5) is 4.14. The molecule has 1 atom stereocenters. The molecule has 1 aromatic carbocycles. The Labute approximate surface area is 87.2 Å². The predicted octanol–water partition coefficient (Wildman–Crippen LogP) is 2.94. The molecular formula is C11H10ClNO. The van der Waals surface area contributed by atoms with Gasteiger partial charge in [-0.3, -0.25) is 4.98 Å². The number of halogens is 1. The van der Waals surface area contributed by atoms with Crippen molar-refractivity contribution in [2.45, 2.75) is 13.0 Å². The SMILES string of the molecule is CC(O)c1nccc2cc(Cl)ccc12. The molecule has 1 heterocycles. The van der Waals surface area contributed by atoms with E-state index in [1.165, 1.54) is 0 Å². The van der Waals surface area contributed by atoms with Gasteiger partial charge in [0.15, 0.2) is 0 Å². The second-order valence-electron chi connectivity index (χ2n) is 3.24. The molecule has 2 nitrogen and oxygen atoms in total. The molecule has 0 fully saturated rings. The molecule has 14 heavy (non-hydrogen) atoms. The molecule has 0 saturated heterocycles. The van der Waals surface area contributed by atoms with E-state index >= 15 is 0 Å². The highest BCUT2D eigenvalue weighted by atomic mass is 35.5. The molecular weight excluding hydrogens is 198 g/mol. The lowest BCUT2D eigenvalue weighted by atomic mass is 10.1. The van der Waals surface area contributed by atoms with Gasteiger partial charge < -0.3 is 5.11 Å². The summed E-state index contributed by atoms with van der Waals surface area (Å²) in [6.45, 7) is 1.70. The maximum Gasteiger partial charge on any atom is 0.0938 e. The standard InChI is InChI=1S/C11H10ClNO/c1-7(14)11-10-3-2-9(12)6-8(10)4-5-13-11/h2-7,14H,1H3. The molecule has 0 spiro atoms. The maximum absolute atomic E-state index is 9.50. The van der Waals surface area contributed by atoms with Gasteiger partial charge in [-0.25, -0.2) is 0 Å². The number of rotatable bonds is 1. The summed E-state index contributed by atoms with van der Waals surface area (Å²) in [5.41, 5.74) is 0.694. The molecule has 0 saturated carbocycles. The van der Waals surface area contributed by atoms with Crippen LogP contribution in [0.3, 0.4) is 0 Å². The quantitative estimate of drug-likeness (QED) is 0.780. The summed E-state index contributed by atoms with van der Waals surface area (Å²) < 4.78 is 0. The van der Waals surface area contributed by atoms with Gasteiger partial charge in [0.1, 0.15) is 0 Å². The van der Waals surface area contributed by atoms with Crippen LogP contribution in [0.1, 0.15) is 18.7 Å². The van der Waals surface area contributed by atoms with Crippen LogP contribution in [0, 0.1) is 0 Å². The monoisotopic (exact) mass is 207 g/mol. The summed E-state index contributed by atoms with van der Waals surface area (Å²) in [6, 6.07) is 7.43. The van der Waals surface area contributed by atoms with Crippen molar-refractivity contribution in [3.63, 3.8) is 0 Å². The molecule has 1 aromatic heterocycles. The number of fused-ring (bicyclic) bond motifs is 1. The lowest BCUT2D eigenvalue weighted by molar-refractivity contribution is 0.196. The number of hydrogen-bond acceptors (Lipinski definition) is 2. The number of pyridine rings is 1. The van der Waals surface area contributed by atoms with Crippen molar-refractivity contribution in [3.8, 4) is 0 Å². The smallest absolute Gasteiger partial charge is 0.0938 e. The Balaban J connectivity index is 2.75. The van der Waals surface area contributed by atoms with E-state index in [0.717, 1.165) is 10.8 Å². The van der Waals surface area contributed by atoms with Crippen molar-refractivity contribution < 1.29 is 5.11 Å². The van der Waals surface area contributed by atoms with Crippen molar-refractivity contribution in [2.75, 3.05) is 0 Å². The molecule has 1 unspecified atom stereocenters. The summed E-state index contributed by atoms with van der Waals surface area (Å²) in [6.07, 6.45) is 1.13. The molecule has 0 amide bonds. The lowest BCUT2D eigenvalue weighted by Crippen LogP contribution is -1.95. The fourth-order valence-corrected chi connectivity index (χ4v) is 1.69. The van der Waals surface area contributed by atoms with Crippen LogP contribution >= 0.6 is 11.6 Å². The Kier molecular flexibility index (Phi) is 2.40. The highest BCUT2D eigenvalue weighted by Gasteiger charge is 2.07. The number of hydrogen-bond donors (Lipinski definition) is 1. The molecule has 3 heteroatoms. The third-order valence-corrected chi connectivity index (χ3v) is 2.39. The van der Waals surface area contributed by atoms with Gasteiger partial charge in [-0.2, -0.15) is 0 Å². The topological polar surface area (TPSA) is 33.1 Å². The van der Waals surface area contributed by atoms with Gasteiger partial charge in [-0.05, 0) is 30.5 Å². The van der Waals surface area contributed by atoms with E-state index in [4.69, 9.17) is 11.6 Å². The van der Waals surface area contributed by atoms with Gasteiger partial charge in [0.05, 0.1) is 11.8 Å². The van der Waals surface area contributed by atoms with Crippen molar-refractivity contribution in [3.05, 3.63) is 41.2 Å². The minimum atomic E-state index is -0.556. The molecule has 2 rings (SSSR count). The van der Waals surface area contributed by atoms with E-state index < -0.39 is 6.10 Å². The first-order chi connectivity index (χ1) is 6.68. The molecule has 72 valence electrons. The zero-order valence-corrected chi connectivity index (χ0v) is 8.49. The van der Waals surface area contributed by atoms with E-state index in [0.29, 0.717) is 10.7 Å². The molecule has 0 bridgehead atoms.